The Labute approximate surface area is 168 Å². The molecule has 1 N–H and O–H groups in total. The molecule has 1 saturated heterocycles. The number of benzene rings is 2. The molecule has 5 nitrogen and oxygen atoms in total. The summed E-state index contributed by atoms with van der Waals surface area (Å²) in [5.74, 6) is -0.913. The van der Waals surface area contributed by atoms with Gasteiger partial charge in [-0.2, -0.15) is 0 Å². The van der Waals surface area contributed by atoms with E-state index >= 15 is 0 Å². The first-order chi connectivity index (χ1) is 14.1. The Hall–Kier alpha value is -2.73. The molecule has 0 radical (unpaired) electrons. The highest BCUT2D eigenvalue weighted by Gasteiger charge is 2.56. The van der Waals surface area contributed by atoms with Crippen LogP contribution in [0.1, 0.15) is 41.1 Å². The number of hydrogen-bond acceptors (Lipinski definition) is 3. The third-order valence-corrected chi connectivity index (χ3v) is 6.75. The topological polar surface area (TPSA) is 60.9 Å². The van der Waals surface area contributed by atoms with Crippen LogP contribution in [0.2, 0.25) is 0 Å². The number of rotatable bonds is 3. The molecule has 0 aromatic heterocycles. The van der Waals surface area contributed by atoms with Crippen molar-refractivity contribution in [2.24, 2.45) is 5.92 Å². The lowest BCUT2D eigenvalue weighted by molar-refractivity contribution is -0.125. The van der Waals surface area contributed by atoms with E-state index in [1.165, 1.54) is 12.1 Å². The van der Waals surface area contributed by atoms with Crippen LogP contribution in [0.4, 0.5) is 10.1 Å². The van der Waals surface area contributed by atoms with Crippen LogP contribution in [0.25, 0.3) is 0 Å². The number of hydrogen-bond donors (Lipinski definition) is 1. The van der Waals surface area contributed by atoms with Crippen molar-refractivity contribution in [3.05, 3.63) is 65.5 Å². The van der Waals surface area contributed by atoms with Gasteiger partial charge in [-0.1, -0.05) is 36.8 Å². The quantitative estimate of drug-likeness (QED) is 0.871. The summed E-state index contributed by atoms with van der Waals surface area (Å²) in [7, 11) is 0. The summed E-state index contributed by atoms with van der Waals surface area (Å²) in [6.07, 6.45) is 2.88. The van der Waals surface area contributed by atoms with E-state index in [0.29, 0.717) is 6.54 Å². The lowest BCUT2D eigenvalue weighted by Crippen LogP contribution is -2.71. The molecule has 2 aliphatic heterocycles. The van der Waals surface area contributed by atoms with Gasteiger partial charge in [-0.05, 0) is 36.6 Å². The van der Waals surface area contributed by atoms with Crippen LogP contribution in [-0.2, 0) is 4.79 Å². The Kier molecular flexibility index (Phi) is 4.39. The largest absolute Gasteiger partial charge is 0.394 e. The van der Waals surface area contributed by atoms with Crippen molar-refractivity contribution in [3.63, 3.8) is 0 Å². The maximum absolute atomic E-state index is 14.2. The number of likely N-dealkylation sites (tertiary alicyclic amines) is 1. The number of aliphatic hydroxyl groups is 1. The molecular formula is C23H23FN2O3. The summed E-state index contributed by atoms with van der Waals surface area (Å²) in [5.41, 5.74) is 1.86. The minimum absolute atomic E-state index is 0.000119. The Morgan fingerprint density at radius 2 is 1.79 bits per heavy atom. The highest BCUT2D eigenvalue weighted by atomic mass is 19.1. The molecule has 0 spiro atoms. The Morgan fingerprint density at radius 3 is 2.48 bits per heavy atom. The molecular weight excluding hydrogens is 371 g/mol. The maximum Gasteiger partial charge on any atom is 0.257 e. The Bertz CT molecular complexity index is 974. The maximum atomic E-state index is 14.2. The molecule has 2 aromatic rings. The third kappa shape index (κ3) is 2.69. The van der Waals surface area contributed by atoms with E-state index < -0.39 is 17.8 Å². The number of para-hydroxylation sites is 1. The van der Waals surface area contributed by atoms with Crippen molar-refractivity contribution in [2.45, 2.75) is 37.3 Å². The number of amides is 2. The predicted octanol–water partition coefficient (Wildman–Crippen LogP) is 2.94. The number of halogens is 1. The molecule has 1 aliphatic carbocycles. The number of fused-ring (bicyclic) bond motifs is 3. The standard InChI is InChI=1S/C23H23FN2O3/c24-17-10-3-1-8-15(17)23(29)26-19-12-25(22(28)14-6-5-7-14)18-11-4-2-9-16(18)21(19)20(26)13-27/h1-4,8-11,14,19-21,27H,5-7,12-13H2/t19-,20-,21+/m0/s1. The smallest absolute Gasteiger partial charge is 0.257 e. The fourth-order valence-electron chi connectivity index (χ4n) is 5.02. The average molecular weight is 394 g/mol. The van der Waals surface area contributed by atoms with Gasteiger partial charge in [-0.15, -0.1) is 0 Å². The van der Waals surface area contributed by atoms with Gasteiger partial charge in [0.05, 0.1) is 24.3 Å². The van der Waals surface area contributed by atoms with E-state index in [0.717, 1.165) is 30.5 Å². The third-order valence-electron chi connectivity index (χ3n) is 6.75. The van der Waals surface area contributed by atoms with Crippen LogP contribution in [0.5, 0.6) is 0 Å². The van der Waals surface area contributed by atoms with Crippen molar-refractivity contribution in [3.8, 4) is 0 Å². The first-order valence-electron chi connectivity index (χ1n) is 10.2. The van der Waals surface area contributed by atoms with Crippen LogP contribution in [0.3, 0.4) is 0 Å². The van der Waals surface area contributed by atoms with Gasteiger partial charge in [0, 0.05) is 24.1 Å². The number of anilines is 1. The van der Waals surface area contributed by atoms with Gasteiger partial charge >= 0.3 is 0 Å². The number of nitrogens with zero attached hydrogens (tertiary/aromatic N) is 2. The van der Waals surface area contributed by atoms with Gasteiger partial charge in [0.2, 0.25) is 5.91 Å². The van der Waals surface area contributed by atoms with Crippen LogP contribution < -0.4 is 4.90 Å². The summed E-state index contributed by atoms with van der Waals surface area (Å²) in [6, 6.07) is 13.0. The van der Waals surface area contributed by atoms with Gasteiger partial charge in [0.1, 0.15) is 5.82 Å². The van der Waals surface area contributed by atoms with Crippen molar-refractivity contribution < 1.29 is 19.1 Å². The number of carbonyl (C=O) groups excluding carboxylic acids is 2. The highest BCUT2D eigenvalue weighted by molar-refractivity contribution is 5.99. The molecule has 1 saturated carbocycles. The van der Waals surface area contributed by atoms with Gasteiger partial charge < -0.3 is 14.9 Å². The molecule has 2 fully saturated rings. The molecule has 2 amide bonds. The fourth-order valence-corrected chi connectivity index (χ4v) is 5.02. The van der Waals surface area contributed by atoms with Crippen molar-refractivity contribution in [2.75, 3.05) is 18.1 Å². The first kappa shape index (κ1) is 18.3. The summed E-state index contributed by atoms with van der Waals surface area (Å²) < 4.78 is 14.2. The summed E-state index contributed by atoms with van der Waals surface area (Å²) >= 11 is 0. The molecule has 0 unspecified atom stereocenters. The second-order valence-electron chi connectivity index (χ2n) is 8.17. The van der Waals surface area contributed by atoms with E-state index in [2.05, 4.69) is 0 Å². The summed E-state index contributed by atoms with van der Waals surface area (Å²) in [5, 5.41) is 10.0. The lowest BCUT2D eigenvalue weighted by Gasteiger charge is -2.59. The van der Waals surface area contributed by atoms with Crippen LogP contribution in [0, 0.1) is 11.7 Å². The number of aliphatic hydroxyl groups excluding tert-OH is 1. The molecule has 6 heteroatoms. The second kappa shape index (κ2) is 6.95. The minimum atomic E-state index is -0.573. The predicted molar refractivity (Wildman–Crippen MR) is 106 cm³/mol. The second-order valence-corrected chi connectivity index (χ2v) is 8.17. The SMILES string of the molecule is O=C(C1CCC1)N1C[C@H]2[C@@H](c3ccccc31)[C@H](CO)N2C(=O)c1ccccc1F. The highest BCUT2D eigenvalue weighted by Crippen LogP contribution is 2.49. The zero-order valence-corrected chi connectivity index (χ0v) is 16.0. The van der Waals surface area contributed by atoms with E-state index in [4.69, 9.17) is 0 Å². The van der Waals surface area contributed by atoms with Crippen molar-refractivity contribution in [1.29, 1.82) is 0 Å². The molecule has 5 rings (SSSR count). The first-order valence-corrected chi connectivity index (χ1v) is 10.2. The molecule has 3 aliphatic rings. The normalized spacial score (nSPS) is 25.5. The van der Waals surface area contributed by atoms with Crippen LogP contribution in [0.15, 0.2) is 48.5 Å². The Morgan fingerprint density at radius 1 is 1.07 bits per heavy atom. The van der Waals surface area contributed by atoms with Crippen molar-refractivity contribution >= 4 is 17.5 Å². The molecule has 29 heavy (non-hydrogen) atoms. The van der Waals surface area contributed by atoms with Crippen molar-refractivity contribution in [1.82, 2.24) is 4.90 Å². The summed E-state index contributed by atoms with van der Waals surface area (Å²) in [4.78, 5) is 29.6. The average Bonchev–Trinajstić information content (AvgIpc) is 2.67. The van der Waals surface area contributed by atoms with E-state index in [9.17, 15) is 19.1 Å². The summed E-state index contributed by atoms with van der Waals surface area (Å²) in [6.45, 7) is 0.181. The minimum Gasteiger partial charge on any atom is -0.394 e. The van der Waals surface area contributed by atoms with Gasteiger partial charge in [0.25, 0.3) is 5.91 Å². The molecule has 150 valence electrons. The molecule has 0 bridgehead atoms. The van der Waals surface area contributed by atoms with Gasteiger partial charge in [-0.3, -0.25) is 9.59 Å². The monoisotopic (exact) mass is 394 g/mol. The van der Waals surface area contributed by atoms with Crippen LogP contribution >= 0.6 is 0 Å². The van der Waals surface area contributed by atoms with E-state index in [-0.39, 0.29) is 36.0 Å². The zero-order chi connectivity index (χ0) is 20.1. The lowest BCUT2D eigenvalue weighted by atomic mass is 9.71. The zero-order valence-electron chi connectivity index (χ0n) is 16.0. The van der Waals surface area contributed by atoms with Crippen LogP contribution in [-0.4, -0.2) is 47.1 Å². The van der Waals surface area contributed by atoms with E-state index in [1.54, 1.807) is 21.9 Å². The fraction of sp³-hybridized carbons (Fsp3) is 0.391. The molecule has 3 atom stereocenters. The van der Waals surface area contributed by atoms with E-state index in [1.807, 2.05) is 24.3 Å². The molecule has 2 heterocycles. The van der Waals surface area contributed by atoms with Gasteiger partial charge in [0.15, 0.2) is 0 Å². The molecule has 2 aromatic carbocycles. The number of carbonyl (C=O) groups is 2. The Balaban J connectivity index is 1.52. The van der Waals surface area contributed by atoms with Gasteiger partial charge in [-0.25, -0.2) is 4.39 Å².